The molecule has 0 amide bonds. The van der Waals surface area contributed by atoms with Crippen molar-refractivity contribution in [2.24, 2.45) is 0 Å². The predicted molar refractivity (Wildman–Crippen MR) is 101 cm³/mol. The zero-order chi connectivity index (χ0) is 17.1. The molecule has 0 saturated carbocycles. The van der Waals surface area contributed by atoms with Gasteiger partial charge in [0.2, 0.25) is 0 Å². The Morgan fingerprint density at radius 3 is 3.00 bits per heavy atom. The molecule has 2 N–H and O–H groups in total. The largest absolute Gasteiger partial charge is 0.490 e. The van der Waals surface area contributed by atoms with Crippen LogP contribution in [0.2, 0.25) is 0 Å². The average molecular weight is 354 g/mol. The zero-order valence-electron chi connectivity index (χ0n) is 14.0. The molecule has 4 nitrogen and oxygen atoms in total. The third-order valence-corrected chi connectivity index (χ3v) is 5.54. The van der Waals surface area contributed by atoms with Crippen molar-refractivity contribution in [1.82, 2.24) is 9.69 Å². The Labute approximate surface area is 151 Å². The maximum atomic E-state index is 10.3. The second-order valence-electron chi connectivity index (χ2n) is 6.58. The minimum Gasteiger partial charge on any atom is -0.490 e. The number of aliphatic hydroxyl groups excluding tert-OH is 1. The Morgan fingerprint density at radius 1 is 1.20 bits per heavy atom. The van der Waals surface area contributed by atoms with Crippen molar-refractivity contribution >= 4 is 21.6 Å². The number of aryl methyl sites for hydroxylation is 1. The number of nitrogens with one attached hydrogen (secondary N) is 1. The Bertz CT molecular complexity index is 848. The van der Waals surface area contributed by atoms with Gasteiger partial charge in [0.15, 0.2) is 0 Å². The van der Waals surface area contributed by atoms with Gasteiger partial charge < -0.3 is 15.2 Å². The Morgan fingerprint density at radius 2 is 2.08 bits per heavy atom. The summed E-state index contributed by atoms with van der Waals surface area (Å²) >= 11 is 1.45. The summed E-state index contributed by atoms with van der Waals surface area (Å²) in [6, 6.07) is 15.0. The summed E-state index contributed by atoms with van der Waals surface area (Å²) in [6.45, 7) is 0.829. The smallest absolute Gasteiger partial charge is 0.129 e. The van der Waals surface area contributed by atoms with E-state index in [2.05, 4.69) is 34.0 Å². The molecule has 1 aromatic heterocycles. The van der Waals surface area contributed by atoms with E-state index in [-0.39, 0.29) is 6.61 Å². The van der Waals surface area contributed by atoms with Gasteiger partial charge in [0, 0.05) is 12.6 Å². The summed E-state index contributed by atoms with van der Waals surface area (Å²) in [6.07, 6.45) is 4.54. The van der Waals surface area contributed by atoms with Crippen LogP contribution in [0.3, 0.4) is 0 Å². The van der Waals surface area contributed by atoms with Gasteiger partial charge in [-0.1, -0.05) is 30.3 Å². The van der Waals surface area contributed by atoms with Crippen molar-refractivity contribution in [3.8, 4) is 5.75 Å². The lowest BCUT2D eigenvalue weighted by Crippen LogP contribution is -2.40. The Kier molecular flexibility index (Phi) is 4.97. The summed E-state index contributed by atoms with van der Waals surface area (Å²) < 4.78 is 11.1. The molecule has 130 valence electrons. The number of aromatic nitrogens is 1. The summed E-state index contributed by atoms with van der Waals surface area (Å²) in [5.41, 5.74) is 2.88. The second kappa shape index (κ2) is 7.52. The van der Waals surface area contributed by atoms with Gasteiger partial charge >= 0.3 is 0 Å². The van der Waals surface area contributed by atoms with Crippen LogP contribution in [-0.4, -0.2) is 34.8 Å². The molecular formula is C20H22N2O2S. The number of benzene rings is 2. The van der Waals surface area contributed by atoms with Gasteiger partial charge in [-0.25, -0.2) is 0 Å². The molecule has 1 aliphatic rings. The number of hydrogen-bond acceptors (Lipinski definition) is 5. The van der Waals surface area contributed by atoms with Crippen molar-refractivity contribution in [2.75, 3.05) is 13.2 Å². The highest BCUT2D eigenvalue weighted by Gasteiger charge is 2.18. The molecule has 0 spiro atoms. The van der Waals surface area contributed by atoms with Crippen LogP contribution in [0.25, 0.3) is 10.1 Å². The van der Waals surface area contributed by atoms with Gasteiger partial charge in [0.05, 0.1) is 16.3 Å². The van der Waals surface area contributed by atoms with Crippen molar-refractivity contribution < 1.29 is 9.84 Å². The molecule has 0 saturated heterocycles. The number of nitrogens with zero attached hydrogens (tertiary/aromatic N) is 1. The first kappa shape index (κ1) is 16.5. The van der Waals surface area contributed by atoms with Crippen LogP contribution in [0.5, 0.6) is 5.75 Å². The topological polar surface area (TPSA) is 54.4 Å². The SMILES string of the molecule is OC(CNC1CCc2ccccc2C1)COc1cccc2sncc12. The normalized spacial score (nSPS) is 18.0. The van der Waals surface area contributed by atoms with E-state index in [0.29, 0.717) is 12.6 Å². The molecule has 5 heteroatoms. The lowest BCUT2D eigenvalue weighted by atomic mass is 9.88. The molecule has 0 bridgehead atoms. The second-order valence-corrected chi connectivity index (χ2v) is 7.41. The van der Waals surface area contributed by atoms with Crippen LogP contribution in [-0.2, 0) is 12.8 Å². The molecule has 0 radical (unpaired) electrons. The highest BCUT2D eigenvalue weighted by atomic mass is 32.1. The van der Waals surface area contributed by atoms with Crippen molar-refractivity contribution in [3.63, 3.8) is 0 Å². The van der Waals surface area contributed by atoms with E-state index < -0.39 is 6.10 Å². The molecule has 2 unspecified atom stereocenters. The molecule has 2 atom stereocenters. The van der Waals surface area contributed by atoms with Crippen LogP contribution in [0.15, 0.2) is 48.7 Å². The summed E-state index contributed by atoms with van der Waals surface area (Å²) in [5.74, 6) is 0.789. The zero-order valence-corrected chi connectivity index (χ0v) is 14.8. The van der Waals surface area contributed by atoms with Gasteiger partial charge in [-0.05, 0) is 54.1 Å². The van der Waals surface area contributed by atoms with Crippen molar-refractivity contribution in [2.45, 2.75) is 31.4 Å². The van der Waals surface area contributed by atoms with Crippen LogP contribution < -0.4 is 10.1 Å². The fraction of sp³-hybridized carbons (Fsp3) is 0.350. The maximum absolute atomic E-state index is 10.3. The van der Waals surface area contributed by atoms with E-state index in [1.165, 1.54) is 22.7 Å². The molecule has 1 heterocycles. The first-order chi connectivity index (χ1) is 12.3. The van der Waals surface area contributed by atoms with E-state index in [9.17, 15) is 5.11 Å². The van der Waals surface area contributed by atoms with E-state index in [4.69, 9.17) is 4.74 Å². The van der Waals surface area contributed by atoms with Gasteiger partial charge in [-0.3, -0.25) is 0 Å². The monoisotopic (exact) mass is 354 g/mol. The fourth-order valence-corrected chi connectivity index (χ4v) is 4.07. The van der Waals surface area contributed by atoms with Gasteiger partial charge in [-0.15, -0.1) is 0 Å². The number of rotatable bonds is 6. The van der Waals surface area contributed by atoms with E-state index in [1.54, 1.807) is 0 Å². The van der Waals surface area contributed by atoms with Crippen LogP contribution in [0, 0.1) is 0 Å². The molecule has 4 rings (SSSR count). The average Bonchev–Trinajstić information content (AvgIpc) is 3.14. The fourth-order valence-electron chi connectivity index (χ4n) is 3.41. The van der Waals surface area contributed by atoms with Gasteiger partial charge in [0.25, 0.3) is 0 Å². The lowest BCUT2D eigenvalue weighted by molar-refractivity contribution is 0.104. The highest BCUT2D eigenvalue weighted by molar-refractivity contribution is 7.13. The van der Waals surface area contributed by atoms with E-state index >= 15 is 0 Å². The van der Waals surface area contributed by atoms with Crippen LogP contribution in [0.1, 0.15) is 17.5 Å². The highest BCUT2D eigenvalue weighted by Crippen LogP contribution is 2.27. The first-order valence-electron chi connectivity index (χ1n) is 8.74. The van der Waals surface area contributed by atoms with Crippen LogP contribution in [0.4, 0.5) is 0 Å². The molecule has 3 aromatic rings. The number of hydrogen-bond donors (Lipinski definition) is 2. The van der Waals surface area contributed by atoms with E-state index in [1.807, 2.05) is 24.4 Å². The Hall–Kier alpha value is -1.95. The molecule has 25 heavy (non-hydrogen) atoms. The summed E-state index contributed by atoms with van der Waals surface area (Å²) in [4.78, 5) is 0. The Balaban J connectivity index is 1.27. The molecule has 0 fully saturated rings. The quantitative estimate of drug-likeness (QED) is 0.714. The molecule has 1 aliphatic carbocycles. The molecular weight excluding hydrogens is 332 g/mol. The van der Waals surface area contributed by atoms with Crippen molar-refractivity contribution in [3.05, 3.63) is 59.8 Å². The minimum absolute atomic E-state index is 0.283. The third kappa shape index (κ3) is 3.84. The maximum Gasteiger partial charge on any atom is 0.129 e. The number of aliphatic hydroxyl groups is 1. The first-order valence-corrected chi connectivity index (χ1v) is 9.51. The molecule has 0 aliphatic heterocycles. The van der Waals surface area contributed by atoms with E-state index in [0.717, 1.165) is 35.1 Å². The minimum atomic E-state index is -0.529. The number of fused-ring (bicyclic) bond motifs is 2. The number of ether oxygens (including phenoxy) is 1. The third-order valence-electron chi connectivity index (χ3n) is 4.78. The van der Waals surface area contributed by atoms with Crippen LogP contribution >= 0.6 is 11.5 Å². The lowest BCUT2D eigenvalue weighted by Gasteiger charge is -2.26. The summed E-state index contributed by atoms with van der Waals surface area (Å²) in [5, 5.41) is 14.8. The predicted octanol–water partition coefficient (Wildman–Crippen LogP) is 3.18. The summed E-state index contributed by atoms with van der Waals surface area (Å²) in [7, 11) is 0. The van der Waals surface area contributed by atoms with Gasteiger partial charge in [-0.2, -0.15) is 4.37 Å². The molecule has 2 aromatic carbocycles. The standard InChI is InChI=1S/C20H22N2O2S/c23-17(13-24-19-6-3-7-20-18(19)12-22-25-20)11-21-16-9-8-14-4-1-2-5-15(14)10-16/h1-7,12,16-17,21,23H,8-11,13H2. The van der Waals surface area contributed by atoms with Crippen molar-refractivity contribution in [1.29, 1.82) is 0 Å². The van der Waals surface area contributed by atoms with Gasteiger partial charge in [0.1, 0.15) is 18.5 Å².